The smallest absolute Gasteiger partial charge is 0.221 e. The van der Waals surface area contributed by atoms with E-state index in [-0.39, 0.29) is 18.1 Å². The van der Waals surface area contributed by atoms with Crippen LogP contribution in [-0.4, -0.2) is 29.7 Å². The third-order valence-corrected chi connectivity index (χ3v) is 3.63. The first-order chi connectivity index (χ1) is 8.06. The summed E-state index contributed by atoms with van der Waals surface area (Å²) in [7, 11) is 0. The number of hydrogen-bond donors (Lipinski definition) is 3. The Morgan fingerprint density at radius 1 is 1.41 bits per heavy atom. The SMILES string of the molecule is CC(CCO)CNC(=O)CC1(N)CCCCC1. The van der Waals surface area contributed by atoms with Gasteiger partial charge < -0.3 is 16.2 Å². The van der Waals surface area contributed by atoms with Gasteiger partial charge in [-0.1, -0.05) is 26.2 Å². The topological polar surface area (TPSA) is 75.3 Å². The number of nitrogens with two attached hydrogens (primary N) is 1. The molecular formula is C13H26N2O2. The van der Waals surface area contributed by atoms with Crippen LogP contribution in [0.4, 0.5) is 0 Å². The summed E-state index contributed by atoms with van der Waals surface area (Å²) in [5.41, 5.74) is 5.95. The number of rotatable bonds is 6. The first-order valence-electron chi connectivity index (χ1n) is 6.72. The molecule has 0 aromatic carbocycles. The summed E-state index contributed by atoms with van der Waals surface area (Å²) in [5, 5.41) is 11.7. The van der Waals surface area contributed by atoms with Crippen LogP contribution in [-0.2, 0) is 4.79 Å². The van der Waals surface area contributed by atoms with Crippen molar-refractivity contribution in [1.29, 1.82) is 0 Å². The maximum Gasteiger partial charge on any atom is 0.221 e. The maximum absolute atomic E-state index is 11.8. The highest BCUT2D eigenvalue weighted by atomic mass is 16.3. The normalized spacial score (nSPS) is 20.9. The highest BCUT2D eigenvalue weighted by Gasteiger charge is 2.29. The van der Waals surface area contributed by atoms with Crippen molar-refractivity contribution in [3.8, 4) is 0 Å². The van der Waals surface area contributed by atoms with Gasteiger partial charge in [-0.25, -0.2) is 0 Å². The van der Waals surface area contributed by atoms with E-state index in [1.54, 1.807) is 0 Å². The summed E-state index contributed by atoms with van der Waals surface area (Å²) in [6.07, 6.45) is 6.63. The van der Waals surface area contributed by atoms with E-state index in [4.69, 9.17) is 10.8 Å². The summed E-state index contributed by atoms with van der Waals surface area (Å²) < 4.78 is 0. The Bertz CT molecular complexity index is 238. The summed E-state index contributed by atoms with van der Waals surface area (Å²) in [4.78, 5) is 11.8. The minimum Gasteiger partial charge on any atom is -0.396 e. The number of amides is 1. The van der Waals surface area contributed by atoms with Crippen LogP contribution in [0.3, 0.4) is 0 Å². The lowest BCUT2D eigenvalue weighted by Gasteiger charge is -2.32. The van der Waals surface area contributed by atoms with Gasteiger partial charge in [-0.3, -0.25) is 4.79 Å². The van der Waals surface area contributed by atoms with Crippen LogP contribution in [0.15, 0.2) is 0 Å². The Labute approximate surface area is 104 Å². The van der Waals surface area contributed by atoms with Gasteiger partial charge in [0.1, 0.15) is 0 Å². The quantitative estimate of drug-likeness (QED) is 0.654. The van der Waals surface area contributed by atoms with E-state index in [1.165, 1.54) is 6.42 Å². The molecular weight excluding hydrogens is 216 g/mol. The molecule has 0 heterocycles. The van der Waals surface area contributed by atoms with Crippen LogP contribution in [0, 0.1) is 5.92 Å². The molecule has 1 rings (SSSR count). The van der Waals surface area contributed by atoms with Gasteiger partial charge in [0.05, 0.1) is 0 Å². The van der Waals surface area contributed by atoms with Crippen molar-refractivity contribution in [2.24, 2.45) is 11.7 Å². The minimum absolute atomic E-state index is 0.0548. The molecule has 1 aliphatic carbocycles. The monoisotopic (exact) mass is 242 g/mol. The number of carbonyl (C=O) groups is 1. The largest absolute Gasteiger partial charge is 0.396 e. The van der Waals surface area contributed by atoms with Gasteiger partial charge in [-0.2, -0.15) is 0 Å². The van der Waals surface area contributed by atoms with Gasteiger partial charge in [-0.15, -0.1) is 0 Å². The molecule has 0 aromatic heterocycles. The minimum atomic E-state index is -0.275. The standard InChI is InChI=1S/C13H26N2O2/c1-11(5-8-16)10-15-12(17)9-13(14)6-3-2-4-7-13/h11,16H,2-10,14H2,1H3,(H,15,17). The molecule has 4 heteroatoms. The lowest BCUT2D eigenvalue weighted by atomic mass is 9.80. The molecule has 1 saturated carbocycles. The van der Waals surface area contributed by atoms with E-state index in [0.717, 1.165) is 32.1 Å². The molecule has 0 spiro atoms. The van der Waals surface area contributed by atoms with E-state index in [1.807, 2.05) is 6.92 Å². The van der Waals surface area contributed by atoms with Gasteiger partial charge in [0.2, 0.25) is 5.91 Å². The Morgan fingerprint density at radius 2 is 2.06 bits per heavy atom. The van der Waals surface area contributed by atoms with E-state index < -0.39 is 0 Å². The van der Waals surface area contributed by atoms with Crippen LogP contribution < -0.4 is 11.1 Å². The molecule has 100 valence electrons. The molecule has 0 aromatic rings. The van der Waals surface area contributed by atoms with E-state index in [9.17, 15) is 4.79 Å². The summed E-state index contributed by atoms with van der Waals surface area (Å²) >= 11 is 0. The summed E-state index contributed by atoms with van der Waals surface area (Å²) in [6, 6.07) is 0. The predicted molar refractivity (Wildman–Crippen MR) is 68.5 cm³/mol. The molecule has 1 amide bonds. The Balaban J connectivity index is 2.24. The van der Waals surface area contributed by atoms with Gasteiger partial charge in [0, 0.05) is 25.1 Å². The highest BCUT2D eigenvalue weighted by molar-refractivity contribution is 5.77. The van der Waals surface area contributed by atoms with Crippen molar-refractivity contribution in [1.82, 2.24) is 5.32 Å². The number of aliphatic hydroxyl groups excluding tert-OH is 1. The van der Waals surface area contributed by atoms with Crippen molar-refractivity contribution in [2.75, 3.05) is 13.2 Å². The fourth-order valence-corrected chi connectivity index (χ4v) is 2.43. The molecule has 17 heavy (non-hydrogen) atoms. The van der Waals surface area contributed by atoms with Gasteiger partial charge >= 0.3 is 0 Å². The van der Waals surface area contributed by atoms with Crippen molar-refractivity contribution in [2.45, 2.75) is 57.4 Å². The highest BCUT2D eigenvalue weighted by Crippen LogP contribution is 2.28. The molecule has 0 radical (unpaired) electrons. The zero-order valence-electron chi connectivity index (χ0n) is 10.9. The van der Waals surface area contributed by atoms with Crippen LogP contribution in [0.25, 0.3) is 0 Å². The zero-order chi connectivity index (χ0) is 12.7. The number of nitrogens with one attached hydrogen (secondary N) is 1. The van der Waals surface area contributed by atoms with Crippen LogP contribution >= 0.6 is 0 Å². The van der Waals surface area contributed by atoms with Crippen LogP contribution in [0.5, 0.6) is 0 Å². The molecule has 1 fully saturated rings. The van der Waals surface area contributed by atoms with Gasteiger partial charge in [0.15, 0.2) is 0 Å². The van der Waals surface area contributed by atoms with Gasteiger partial charge in [0.25, 0.3) is 0 Å². The average molecular weight is 242 g/mol. The van der Waals surface area contributed by atoms with Crippen molar-refractivity contribution in [3.05, 3.63) is 0 Å². The second-order valence-electron chi connectivity index (χ2n) is 5.52. The molecule has 1 atom stereocenters. The van der Waals surface area contributed by atoms with E-state index in [2.05, 4.69) is 5.32 Å². The molecule has 1 aliphatic rings. The summed E-state index contributed by atoms with van der Waals surface area (Å²) in [5.74, 6) is 0.378. The van der Waals surface area contributed by atoms with Crippen molar-refractivity contribution in [3.63, 3.8) is 0 Å². The second kappa shape index (κ2) is 6.97. The lowest BCUT2D eigenvalue weighted by molar-refractivity contribution is -0.122. The first kappa shape index (κ1) is 14.5. The number of carbonyl (C=O) groups excluding carboxylic acids is 1. The first-order valence-corrected chi connectivity index (χ1v) is 6.72. The maximum atomic E-state index is 11.8. The van der Waals surface area contributed by atoms with Gasteiger partial charge in [-0.05, 0) is 25.2 Å². The third-order valence-electron chi connectivity index (χ3n) is 3.63. The lowest BCUT2D eigenvalue weighted by Crippen LogP contribution is -2.46. The fourth-order valence-electron chi connectivity index (χ4n) is 2.43. The van der Waals surface area contributed by atoms with E-state index >= 15 is 0 Å². The second-order valence-corrected chi connectivity index (χ2v) is 5.52. The number of hydrogen-bond acceptors (Lipinski definition) is 3. The zero-order valence-corrected chi connectivity index (χ0v) is 10.9. The third kappa shape index (κ3) is 5.50. The molecule has 4 N–H and O–H groups in total. The van der Waals surface area contributed by atoms with Crippen LogP contribution in [0.2, 0.25) is 0 Å². The molecule has 4 nitrogen and oxygen atoms in total. The Morgan fingerprint density at radius 3 is 2.65 bits per heavy atom. The molecule has 0 bridgehead atoms. The van der Waals surface area contributed by atoms with Crippen molar-refractivity contribution >= 4 is 5.91 Å². The Kier molecular flexibility index (Phi) is 5.92. The number of aliphatic hydroxyl groups is 1. The van der Waals surface area contributed by atoms with Crippen molar-refractivity contribution < 1.29 is 9.90 Å². The average Bonchev–Trinajstić information content (AvgIpc) is 2.27. The van der Waals surface area contributed by atoms with E-state index in [0.29, 0.717) is 18.9 Å². The molecule has 0 aliphatic heterocycles. The summed E-state index contributed by atoms with van der Waals surface area (Å²) in [6.45, 7) is 2.84. The fraction of sp³-hybridized carbons (Fsp3) is 0.923. The van der Waals surface area contributed by atoms with Crippen LogP contribution in [0.1, 0.15) is 51.9 Å². The molecule has 0 saturated heterocycles. The Hall–Kier alpha value is -0.610. The molecule has 1 unspecified atom stereocenters. The predicted octanol–water partition coefficient (Wildman–Crippen LogP) is 1.17.